The minimum absolute atomic E-state index is 0.0303. The van der Waals surface area contributed by atoms with E-state index in [2.05, 4.69) is 72.6 Å². The van der Waals surface area contributed by atoms with Crippen LogP contribution >= 0.6 is 0 Å². The Kier molecular flexibility index (Phi) is 21.7. The molecular weight excluding hydrogens is 1110 g/mol. The number of carbonyl (C=O) groups is 8. The van der Waals surface area contributed by atoms with Crippen LogP contribution in [0.15, 0.2) is 75.5 Å². The number of carbonyl (C=O) groups excluding carboxylic acids is 5. The maximum atomic E-state index is 13.6. The van der Waals surface area contributed by atoms with E-state index in [-0.39, 0.29) is 89.9 Å². The second kappa shape index (κ2) is 28.9. The summed E-state index contributed by atoms with van der Waals surface area (Å²) >= 11 is 0. The Balaban J connectivity index is 0.768. The fraction of sp³-hybridized carbons (Fsp3) is 0.567. The highest BCUT2D eigenvalue weighted by Gasteiger charge is 2.59. The molecule has 0 spiro atoms. The normalized spacial score (nSPS) is 23.2. The molecule has 0 aromatic heterocycles. The summed E-state index contributed by atoms with van der Waals surface area (Å²) in [5, 5.41) is 56.5. The Labute approximate surface area is 508 Å². The molecule has 10 N–H and O–H groups in total. The number of hydrogen-bond donors (Lipinski definition) is 10. The lowest BCUT2D eigenvalue weighted by Crippen LogP contribution is -2.54. The van der Waals surface area contributed by atoms with Gasteiger partial charge < -0.3 is 56.7 Å². The van der Waals surface area contributed by atoms with Gasteiger partial charge in [0.05, 0.1) is 5.56 Å². The van der Waals surface area contributed by atoms with Crippen LogP contribution in [0.4, 0.5) is 0 Å². The Morgan fingerprint density at radius 2 is 1.38 bits per heavy atom. The molecule has 1 aliphatic heterocycles. The van der Waals surface area contributed by atoms with Gasteiger partial charge in [-0.2, -0.15) is 0 Å². The summed E-state index contributed by atoms with van der Waals surface area (Å²) in [6.45, 7) is 12.9. The first kappa shape index (κ1) is 65.4. The number of hydrogen-bond acceptors (Lipinski definition) is 12. The van der Waals surface area contributed by atoms with Crippen LogP contribution < -0.4 is 37.3 Å². The molecule has 6 aliphatic rings. The molecular formula is C67H88N6O14. The highest BCUT2D eigenvalue weighted by molar-refractivity contribution is 6.09. The number of amides is 5. The zero-order valence-corrected chi connectivity index (χ0v) is 50.9. The molecule has 0 radical (unpaired) electrons. The standard InChI is InChI=1S/C67H88N6O14/c1-38(2)8-6-9-39(3)50-18-19-51-46-15-11-41-35-42(24-28-66(41,4)52(46)25-29-67(50,51)5)68-30-7-31-70-63(83)53(20-22-59(78)79)73-64(84)54(21-23-60(80)81)72-58(77)27-32-69-57(76)26-33-71-62(82)40-10-14-45(49(34-40)65(85)86)61-47-16-12-43(74)36-55(47)87-56-37-44(75)13-17-48(56)61/h10-14,16-17,34,36-39,42,46,50-54,68,74H,6-9,15,18-33,35H2,1-5H3,(H,69,76)(H,70,83)(H,71,82)(H,72,77)(H,73,84)(H,78,79)(H,80,81)(H,85,86)/t39-,42+,46+,50-,51+,52+,53+,54+,66+,67-/m1/s1. The fourth-order valence-corrected chi connectivity index (χ4v) is 15.2. The summed E-state index contributed by atoms with van der Waals surface area (Å²) in [5.41, 5.74) is 2.85. The van der Waals surface area contributed by atoms with Crippen molar-refractivity contribution in [3.63, 3.8) is 0 Å². The number of carboxylic acid groups (broad SMARTS) is 3. The number of carboxylic acids is 3. The van der Waals surface area contributed by atoms with Gasteiger partial charge in [0.2, 0.25) is 23.6 Å². The Bertz CT molecular complexity index is 3260. The number of fused-ring (bicyclic) bond motifs is 7. The van der Waals surface area contributed by atoms with E-state index >= 15 is 0 Å². The third kappa shape index (κ3) is 15.9. The highest BCUT2D eigenvalue weighted by atomic mass is 16.4. The first-order chi connectivity index (χ1) is 41.4. The fourth-order valence-electron chi connectivity index (χ4n) is 15.2. The first-order valence-electron chi connectivity index (χ1n) is 31.3. The van der Waals surface area contributed by atoms with Crippen LogP contribution in [0.5, 0.6) is 5.75 Å². The predicted octanol–water partition coefficient (Wildman–Crippen LogP) is 8.80. The molecule has 0 saturated heterocycles. The average molecular weight is 1200 g/mol. The molecule has 3 fully saturated rings. The first-order valence-corrected chi connectivity index (χ1v) is 31.3. The van der Waals surface area contributed by atoms with Crippen molar-refractivity contribution in [1.82, 2.24) is 31.9 Å². The molecule has 470 valence electrons. The van der Waals surface area contributed by atoms with Crippen LogP contribution in [0.1, 0.15) is 171 Å². The van der Waals surface area contributed by atoms with Crippen molar-refractivity contribution in [3.05, 3.63) is 87.6 Å². The number of aliphatic carboxylic acids is 2. The molecule has 3 saturated carbocycles. The minimum atomic E-state index is -1.42. The lowest BCUT2D eigenvalue weighted by atomic mass is 9.47. The van der Waals surface area contributed by atoms with Gasteiger partial charge in [-0.1, -0.05) is 71.6 Å². The molecule has 0 unspecified atom stereocenters. The number of aromatic hydroxyl groups is 1. The summed E-state index contributed by atoms with van der Waals surface area (Å²) in [6.07, 6.45) is 14.8. The molecule has 2 aromatic carbocycles. The van der Waals surface area contributed by atoms with Gasteiger partial charge in [0, 0.05) is 85.6 Å². The van der Waals surface area contributed by atoms with Gasteiger partial charge >= 0.3 is 17.9 Å². The third-order valence-electron chi connectivity index (χ3n) is 19.7. The number of nitrogens with one attached hydrogen (secondary N) is 6. The zero-order chi connectivity index (χ0) is 62.7. The minimum Gasteiger partial charge on any atom is -0.508 e. The monoisotopic (exact) mass is 1200 g/mol. The van der Waals surface area contributed by atoms with E-state index in [0.717, 1.165) is 54.8 Å². The summed E-state index contributed by atoms with van der Waals surface area (Å²) in [4.78, 5) is 114. The molecule has 20 heteroatoms. The van der Waals surface area contributed by atoms with E-state index in [9.17, 15) is 63.6 Å². The summed E-state index contributed by atoms with van der Waals surface area (Å²) in [6, 6.07) is 9.98. The van der Waals surface area contributed by atoms with Crippen molar-refractivity contribution >= 4 is 58.4 Å². The maximum absolute atomic E-state index is 13.6. The van der Waals surface area contributed by atoms with Gasteiger partial charge in [0.15, 0.2) is 5.43 Å². The van der Waals surface area contributed by atoms with E-state index in [1.807, 2.05) is 0 Å². The molecule has 1 heterocycles. The highest BCUT2D eigenvalue weighted by Crippen LogP contribution is 2.67. The number of rotatable bonds is 29. The summed E-state index contributed by atoms with van der Waals surface area (Å²) in [5.74, 6) is -2.58. The number of benzene rings is 3. The van der Waals surface area contributed by atoms with E-state index < -0.39 is 72.4 Å². The van der Waals surface area contributed by atoms with Crippen LogP contribution in [0.3, 0.4) is 0 Å². The van der Waals surface area contributed by atoms with Gasteiger partial charge in [-0.15, -0.1) is 0 Å². The van der Waals surface area contributed by atoms with Crippen LogP contribution in [0, 0.1) is 46.3 Å². The quantitative estimate of drug-likeness (QED) is 0.0138. The second-order valence-electron chi connectivity index (χ2n) is 25.9. The van der Waals surface area contributed by atoms with E-state index in [4.69, 9.17) is 4.42 Å². The molecule has 8 rings (SSSR count). The topological polar surface area (TPSA) is 320 Å². The molecule has 10 atom stereocenters. The number of aromatic carboxylic acids is 1. The molecule has 20 nitrogen and oxygen atoms in total. The Hall–Kier alpha value is -7.61. The van der Waals surface area contributed by atoms with Crippen molar-refractivity contribution in [2.24, 2.45) is 46.3 Å². The smallest absolute Gasteiger partial charge is 0.336 e. The van der Waals surface area contributed by atoms with E-state index in [1.165, 1.54) is 99.9 Å². The van der Waals surface area contributed by atoms with Crippen molar-refractivity contribution in [2.45, 2.75) is 168 Å². The second-order valence-corrected chi connectivity index (χ2v) is 25.9. The Morgan fingerprint density at radius 3 is 2.10 bits per heavy atom. The molecule has 87 heavy (non-hydrogen) atoms. The molecule has 0 bridgehead atoms. The largest absolute Gasteiger partial charge is 0.508 e. The van der Waals surface area contributed by atoms with Gasteiger partial charge in [0.1, 0.15) is 29.2 Å². The van der Waals surface area contributed by atoms with Gasteiger partial charge in [0.25, 0.3) is 5.91 Å². The van der Waals surface area contributed by atoms with Gasteiger partial charge in [-0.25, -0.2) is 4.79 Å². The number of allylic oxidation sites excluding steroid dienone is 1. The SMILES string of the molecule is CC(C)CCC[C@@H](C)[C@H]1CC[C@H]2[C@@H]3CC=C4C[C@@H](NCCCNC(=O)[C@H](CCC(=O)O)NC(=O)[C@H](CCC(=O)O)NC(=O)CCNC(=O)CCNC(=O)c5ccc(-c6c7ccc(=O)cc-7oc7cc(O)ccc67)c(C(=O)O)c5)CC[C@]4(C)[C@H]3CC[C@]12C. The molecule has 5 aliphatic carbocycles. The van der Waals surface area contributed by atoms with E-state index in [1.54, 1.807) is 11.6 Å². The number of phenols is 1. The van der Waals surface area contributed by atoms with Crippen molar-refractivity contribution < 1.29 is 63.2 Å². The van der Waals surface area contributed by atoms with Crippen LogP contribution in [-0.4, -0.2) is 112 Å². The van der Waals surface area contributed by atoms with Crippen molar-refractivity contribution in [3.8, 4) is 28.2 Å². The van der Waals surface area contributed by atoms with Crippen molar-refractivity contribution in [2.75, 3.05) is 26.2 Å². The van der Waals surface area contributed by atoms with Crippen LogP contribution in [-0.2, 0) is 28.8 Å². The molecule has 2 aromatic rings. The third-order valence-corrected chi connectivity index (χ3v) is 19.7. The lowest BCUT2D eigenvalue weighted by Gasteiger charge is -2.58. The average Bonchev–Trinajstić information content (AvgIpc) is 1.73. The summed E-state index contributed by atoms with van der Waals surface area (Å²) in [7, 11) is 0. The maximum Gasteiger partial charge on any atom is 0.336 e. The summed E-state index contributed by atoms with van der Waals surface area (Å²) < 4.78 is 5.87. The lowest BCUT2D eigenvalue weighted by molar-refractivity contribution is -0.139. The van der Waals surface area contributed by atoms with Gasteiger partial charge in [-0.05, 0) is 165 Å². The van der Waals surface area contributed by atoms with Gasteiger partial charge in [-0.3, -0.25) is 38.4 Å². The van der Waals surface area contributed by atoms with Crippen LogP contribution in [0.2, 0.25) is 0 Å². The molecule has 5 amide bonds. The van der Waals surface area contributed by atoms with Crippen LogP contribution in [0.25, 0.3) is 33.4 Å². The zero-order valence-electron chi connectivity index (χ0n) is 50.9. The Morgan fingerprint density at radius 1 is 0.667 bits per heavy atom. The van der Waals surface area contributed by atoms with E-state index in [0.29, 0.717) is 40.9 Å². The van der Waals surface area contributed by atoms with Crippen molar-refractivity contribution in [1.29, 1.82) is 0 Å². The predicted molar refractivity (Wildman–Crippen MR) is 328 cm³/mol. The number of phenolic OH excluding ortho intramolecular Hbond substituents is 1.